The molecule has 0 unspecified atom stereocenters. The molecule has 0 heterocycles. The van der Waals surface area contributed by atoms with E-state index in [4.69, 9.17) is 0 Å². The van der Waals surface area contributed by atoms with Crippen LogP contribution in [0, 0.1) is 20.2 Å². The van der Waals surface area contributed by atoms with Crippen LogP contribution >= 0.6 is 0 Å². The van der Waals surface area contributed by atoms with E-state index >= 15 is 0 Å². The standard InChI is InChI=1S/C15H13N3O5/c1-11(19)16(14-7-2-3-8-15(14)18(22)23)10-12-5-4-6-13(9-12)17(20)21/h2-9H,10H2,1H3. The Balaban J connectivity index is 2.41. The van der Waals surface area contributed by atoms with Gasteiger partial charge in [0, 0.05) is 25.1 Å². The van der Waals surface area contributed by atoms with E-state index in [1.807, 2.05) is 0 Å². The number of non-ortho nitro benzene ring substituents is 1. The zero-order chi connectivity index (χ0) is 17.0. The molecular formula is C15H13N3O5. The first-order valence-corrected chi connectivity index (χ1v) is 6.65. The maximum atomic E-state index is 11.9. The second-order valence-electron chi connectivity index (χ2n) is 4.78. The van der Waals surface area contributed by atoms with E-state index in [0.29, 0.717) is 5.56 Å². The molecule has 2 rings (SSSR count). The highest BCUT2D eigenvalue weighted by atomic mass is 16.6. The predicted molar refractivity (Wildman–Crippen MR) is 83.1 cm³/mol. The van der Waals surface area contributed by atoms with Gasteiger partial charge >= 0.3 is 0 Å². The molecule has 118 valence electrons. The number of hydrogen-bond acceptors (Lipinski definition) is 5. The van der Waals surface area contributed by atoms with E-state index < -0.39 is 15.8 Å². The number of para-hydroxylation sites is 2. The van der Waals surface area contributed by atoms with E-state index in [9.17, 15) is 25.0 Å². The topological polar surface area (TPSA) is 107 Å². The number of amides is 1. The lowest BCUT2D eigenvalue weighted by molar-refractivity contribution is -0.384. The first-order chi connectivity index (χ1) is 10.9. The molecule has 0 radical (unpaired) electrons. The number of carbonyl (C=O) groups is 1. The summed E-state index contributed by atoms with van der Waals surface area (Å²) >= 11 is 0. The lowest BCUT2D eigenvalue weighted by Gasteiger charge is -2.21. The Morgan fingerprint density at radius 2 is 1.74 bits per heavy atom. The van der Waals surface area contributed by atoms with Gasteiger partial charge in [0.2, 0.25) is 5.91 Å². The van der Waals surface area contributed by atoms with Gasteiger partial charge in [-0.25, -0.2) is 0 Å². The van der Waals surface area contributed by atoms with Crippen LogP contribution in [0.25, 0.3) is 0 Å². The van der Waals surface area contributed by atoms with Crippen molar-refractivity contribution in [3.8, 4) is 0 Å². The lowest BCUT2D eigenvalue weighted by atomic mass is 10.1. The Bertz CT molecular complexity index is 775. The second kappa shape index (κ2) is 6.65. The SMILES string of the molecule is CC(=O)N(Cc1cccc([N+](=O)[O-])c1)c1ccccc1[N+](=O)[O-]. The number of rotatable bonds is 5. The summed E-state index contributed by atoms with van der Waals surface area (Å²) < 4.78 is 0. The minimum atomic E-state index is -0.571. The maximum absolute atomic E-state index is 11.9. The van der Waals surface area contributed by atoms with Gasteiger partial charge in [-0.15, -0.1) is 0 Å². The van der Waals surface area contributed by atoms with Crippen LogP contribution in [-0.4, -0.2) is 15.8 Å². The van der Waals surface area contributed by atoms with Crippen molar-refractivity contribution in [3.05, 3.63) is 74.3 Å². The average Bonchev–Trinajstić information content (AvgIpc) is 2.52. The van der Waals surface area contributed by atoms with Crippen molar-refractivity contribution < 1.29 is 14.6 Å². The van der Waals surface area contributed by atoms with Gasteiger partial charge in [-0.3, -0.25) is 25.0 Å². The molecule has 0 bridgehead atoms. The lowest BCUT2D eigenvalue weighted by Crippen LogP contribution is -2.28. The van der Waals surface area contributed by atoms with Crippen molar-refractivity contribution >= 4 is 23.0 Å². The molecule has 0 spiro atoms. The number of nitro groups is 2. The van der Waals surface area contributed by atoms with Crippen LogP contribution in [0.4, 0.5) is 17.1 Å². The van der Waals surface area contributed by atoms with Crippen LogP contribution in [0.3, 0.4) is 0 Å². The normalized spacial score (nSPS) is 10.1. The molecule has 2 aromatic carbocycles. The van der Waals surface area contributed by atoms with Crippen molar-refractivity contribution in [2.75, 3.05) is 4.90 Å². The van der Waals surface area contributed by atoms with Gasteiger partial charge < -0.3 is 4.90 Å². The largest absolute Gasteiger partial charge is 0.302 e. The Morgan fingerprint density at radius 1 is 1.04 bits per heavy atom. The number of carbonyl (C=O) groups excluding carboxylic acids is 1. The fraction of sp³-hybridized carbons (Fsp3) is 0.133. The summed E-state index contributed by atoms with van der Waals surface area (Å²) in [6.07, 6.45) is 0. The monoisotopic (exact) mass is 315 g/mol. The summed E-state index contributed by atoms with van der Waals surface area (Å²) in [5.74, 6) is -0.397. The third-order valence-electron chi connectivity index (χ3n) is 3.21. The highest BCUT2D eigenvalue weighted by Crippen LogP contribution is 2.29. The summed E-state index contributed by atoms with van der Waals surface area (Å²) in [7, 11) is 0. The summed E-state index contributed by atoms with van der Waals surface area (Å²) in [5, 5.41) is 21.9. The molecule has 0 aliphatic heterocycles. The van der Waals surface area contributed by atoms with Crippen LogP contribution in [0.5, 0.6) is 0 Å². The van der Waals surface area contributed by atoms with Crippen molar-refractivity contribution in [1.82, 2.24) is 0 Å². The smallest absolute Gasteiger partial charge is 0.292 e. The van der Waals surface area contributed by atoms with Crippen molar-refractivity contribution in [2.24, 2.45) is 0 Å². The van der Waals surface area contributed by atoms with E-state index in [1.165, 1.54) is 48.2 Å². The molecule has 23 heavy (non-hydrogen) atoms. The van der Waals surface area contributed by atoms with E-state index in [1.54, 1.807) is 12.1 Å². The van der Waals surface area contributed by atoms with Crippen molar-refractivity contribution in [2.45, 2.75) is 13.5 Å². The molecule has 0 N–H and O–H groups in total. The Morgan fingerprint density at radius 3 is 2.35 bits per heavy atom. The zero-order valence-corrected chi connectivity index (χ0v) is 12.2. The highest BCUT2D eigenvalue weighted by molar-refractivity contribution is 5.93. The maximum Gasteiger partial charge on any atom is 0.292 e. The van der Waals surface area contributed by atoms with Crippen LogP contribution in [0.15, 0.2) is 48.5 Å². The van der Waals surface area contributed by atoms with Gasteiger partial charge in [0.25, 0.3) is 11.4 Å². The van der Waals surface area contributed by atoms with E-state index in [-0.39, 0.29) is 23.6 Å². The van der Waals surface area contributed by atoms with Gasteiger partial charge in [-0.2, -0.15) is 0 Å². The molecule has 2 aromatic rings. The summed E-state index contributed by atoms with van der Waals surface area (Å²) in [6.45, 7) is 1.29. The van der Waals surface area contributed by atoms with Crippen LogP contribution in [0.1, 0.15) is 12.5 Å². The first kappa shape index (κ1) is 16.1. The van der Waals surface area contributed by atoms with Crippen LogP contribution in [-0.2, 0) is 11.3 Å². The van der Waals surface area contributed by atoms with Gasteiger partial charge in [-0.1, -0.05) is 24.3 Å². The minimum absolute atomic E-state index is 0.00185. The predicted octanol–water partition coefficient (Wildman–Crippen LogP) is 3.06. The molecule has 0 atom stereocenters. The number of nitrogens with zero attached hydrogens (tertiary/aromatic N) is 3. The molecule has 0 fully saturated rings. The molecule has 0 saturated heterocycles. The van der Waals surface area contributed by atoms with Gasteiger partial charge in [0.15, 0.2) is 0 Å². The molecule has 0 aliphatic rings. The molecule has 0 aliphatic carbocycles. The number of nitro benzene ring substituents is 2. The summed E-state index contributed by atoms with van der Waals surface area (Å²) in [6, 6.07) is 11.7. The Labute approximate surface area is 131 Å². The third kappa shape index (κ3) is 3.67. The zero-order valence-electron chi connectivity index (χ0n) is 12.2. The van der Waals surface area contributed by atoms with E-state index in [0.717, 1.165) is 0 Å². The number of benzene rings is 2. The number of hydrogen-bond donors (Lipinski definition) is 0. The van der Waals surface area contributed by atoms with E-state index in [2.05, 4.69) is 0 Å². The Kier molecular flexibility index (Phi) is 4.65. The van der Waals surface area contributed by atoms with Crippen molar-refractivity contribution in [1.29, 1.82) is 0 Å². The van der Waals surface area contributed by atoms with Gasteiger partial charge in [-0.05, 0) is 11.6 Å². The molecule has 8 nitrogen and oxygen atoms in total. The second-order valence-corrected chi connectivity index (χ2v) is 4.78. The highest BCUT2D eigenvalue weighted by Gasteiger charge is 2.22. The molecular weight excluding hydrogens is 302 g/mol. The number of anilines is 1. The fourth-order valence-electron chi connectivity index (χ4n) is 2.16. The molecule has 1 amide bonds. The van der Waals surface area contributed by atoms with Crippen LogP contribution < -0.4 is 4.90 Å². The molecule has 8 heteroatoms. The van der Waals surface area contributed by atoms with Gasteiger partial charge in [0.05, 0.1) is 16.4 Å². The fourth-order valence-corrected chi connectivity index (χ4v) is 2.16. The summed E-state index contributed by atoms with van der Waals surface area (Å²) in [4.78, 5) is 34.0. The van der Waals surface area contributed by atoms with Crippen LogP contribution in [0.2, 0.25) is 0 Å². The minimum Gasteiger partial charge on any atom is -0.302 e. The third-order valence-corrected chi connectivity index (χ3v) is 3.21. The molecule has 0 saturated carbocycles. The first-order valence-electron chi connectivity index (χ1n) is 6.65. The Hall–Kier alpha value is -3.29. The van der Waals surface area contributed by atoms with Gasteiger partial charge in [0.1, 0.15) is 5.69 Å². The average molecular weight is 315 g/mol. The van der Waals surface area contributed by atoms with Crippen molar-refractivity contribution in [3.63, 3.8) is 0 Å². The molecule has 0 aromatic heterocycles. The summed E-state index contributed by atoms with van der Waals surface area (Å²) in [5.41, 5.74) is 0.353. The quantitative estimate of drug-likeness (QED) is 0.622.